The summed E-state index contributed by atoms with van der Waals surface area (Å²) in [6, 6.07) is 0. The minimum absolute atomic E-state index is 0.202. The molecule has 1 N–H and O–H groups in total. The Bertz CT molecular complexity index is 380. The fourth-order valence-corrected chi connectivity index (χ4v) is 1.26. The van der Waals surface area contributed by atoms with E-state index in [9.17, 15) is 9.59 Å². The van der Waals surface area contributed by atoms with Gasteiger partial charge in [-0.15, -0.1) is 12.3 Å². The highest BCUT2D eigenvalue weighted by atomic mass is 16.3. The molecule has 1 rings (SSSR count). The van der Waals surface area contributed by atoms with Crippen molar-refractivity contribution in [1.29, 1.82) is 0 Å². The predicted molar refractivity (Wildman–Crippen MR) is 51.4 cm³/mol. The molecule has 3 nitrogen and oxygen atoms in total. The predicted octanol–water partition coefficient (Wildman–Crippen LogP) is 1.17. The van der Waals surface area contributed by atoms with Gasteiger partial charge in [-0.25, -0.2) is 0 Å². The maximum Gasteiger partial charge on any atom is 0.223 e. The molecule has 72 valence electrons. The van der Waals surface area contributed by atoms with E-state index in [4.69, 9.17) is 11.5 Å². The Morgan fingerprint density at radius 2 is 2.14 bits per heavy atom. The molecule has 1 atom stereocenters. The molecule has 0 unspecified atom stereocenters. The van der Waals surface area contributed by atoms with Crippen molar-refractivity contribution >= 4 is 11.6 Å². The molecule has 14 heavy (non-hydrogen) atoms. The number of aliphatic hydroxyl groups excluding tert-OH is 1. The average Bonchev–Trinajstić information content (AvgIpc) is 2.11. The van der Waals surface area contributed by atoms with Gasteiger partial charge in [0.1, 0.15) is 0 Å². The second kappa shape index (κ2) is 3.93. The van der Waals surface area contributed by atoms with Gasteiger partial charge in [0.15, 0.2) is 11.5 Å². The largest absolute Gasteiger partial charge is 0.504 e. The number of hydrogen-bond donors (Lipinski definition) is 1. The van der Waals surface area contributed by atoms with Crippen LogP contribution in [-0.4, -0.2) is 16.7 Å². The van der Waals surface area contributed by atoms with Crippen LogP contribution in [0.4, 0.5) is 0 Å². The van der Waals surface area contributed by atoms with Crippen LogP contribution < -0.4 is 0 Å². The summed E-state index contributed by atoms with van der Waals surface area (Å²) in [6.45, 7) is 1.75. The molecule has 0 spiro atoms. The fourth-order valence-electron chi connectivity index (χ4n) is 1.26. The van der Waals surface area contributed by atoms with Gasteiger partial charge in [-0.3, -0.25) is 9.59 Å². The van der Waals surface area contributed by atoms with E-state index in [0.29, 0.717) is 6.42 Å². The Hall–Kier alpha value is -1.82. The van der Waals surface area contributed by atoms with Crippen LogP contribution >= 0.6 is 0 Å². The SMILES string of the molecule is C#CC[C@H](C)C1=CC(=O)C=C(O)C1=O. The number of carbonyl (C=O) groups excluding carboxylic acids is 2. The van der Waals surface area contributed by atoms with Crippen molar-refractivity contribution in [3.63, 3.8) is 0 Å². The van der Waals surface area contributed by atoms with Gasteiger partial charge in [-0.2, -0.15) is 0 Å². The van der Waals surface area contributed by atoms with E-state index in [-0.39, 0.29) is 17.3 Å². The Kier molecular flexibility index (Phi) is 2.88. The number of rotatable bonds is 2. The molecule has 0 aromatic rings. The Morgan fingerprint density at radius 3 is 2.71 bits per heavy atom. The first-order valence-corrected chi connectivity index (χ1v) is 4.20. The summed E-state index contributed by atoms with van der Waals surface area (Å²) in [5.74, 6) is 0.823. The molecule has 0 amide bonds. The molecular formula is C11H10O3. The normalized spacial score (nSPS) is 18.3. The standard InChI is InChI=1S/C11H10O3/c1-3-4-7(2)9-5-8(12)6-10(13)11(9)14/h1,5-7,13H,4H2,2H3/t7-/m0/s1. The molecule has 1 aliphatic rings. The smallest absolute Gasteiger partial charge is 0.223 e. The molecule has 0 radical (unpaired) electrons. The molecule has 0 heterocycles. The van der Waals surface area contributed by atoms with Crippen LogP contribution in [0.2, 0.25) is 0 Å². The monoisotopic (exact) mass is 190 g/mol. The summed E-state index contributed by atoms with van der Waals surface area (Å²) >= 11 is 0. The summed E-state index contributed by atoms with van der Waals surface area (Å²) < 4.78 is 0. The highest BCUT2D eigenvalue weighted by molar-refractivity contribution is 6.19. The third kappa shape index (κ3) is 1.91. The Morgan fingerprint density at radius 1 is 1.50 bits per heavy atom. The summed E-state index contributed by atoms with van der Waals surface area (Å²) in [7, 11) is 0. The molecule has 3 heteroatoms. The third-order valence-electron chi connectivity index (χ3n) is 2.03. The van der Waals surface area contributed by atoms with Gasteiger partial charge in [0.05, 0.1) is 0 Å². The first-order valence-electron chi connectivity index (χ1n) is 4.20. The molecular weight excluding hydrogens is 180 g/mol. The van der Waals surface area contributed by atoms with Crippen LogP contribution in [0.5, 0.6) is 0 Å². The highest BCUT2D eigenvalue weighted by Crippen LogP contribution is 2.21. The lowest BCUT2D eigenvalue weighted by Gasteiger charge is -2.14. The third-order valence-corrected chi connectivity index (χ3v) is 2.03. The number of aliphatic hydroxyl groups is 1. The van der Waals surface area contributed by atoms with Gasteiger partial charge in [0.25, 0.3) is 0 Å². The van der Waals surface area contributed by atoms with Crippen molar-refractivity contribution in [2.45, 2.75) is 13.3 Å². The van der Waals surface area contributed by atoms with E-state index < -0.39 is 11.5 Å². The van der Waals surface area contributed by atoms with E-state index >= 15 is 0 Å². The molecule has 0 aromatic carbocycles. The van der Waals surface area contributed by atoms with Crippen LogP contribution in [-0.2, 0) is 9.59 Å². The van der Waals surface area contributed by atoms with Crippen LogP contribution in [0.15, 0.2) is 23.5 Å². The lowest BCUT2D eigenvalue weighted by atomic mass is 9.89. The van der Waals surface area contributed by atoms with Gasteiger partial charge in [-0.05, 0) is 12.0 Å². The maximum atomic E-state index is 11.4. The molecule has 0 fully saturated rings. The molecule has 0 bridgehead atoms. The molecule has 0 saturated heterocycles. The van der Waals surface area contributed by atoms with E-state index in [0.717, 1.165) is 6.08 Å². The zero-order chi connectivity index (χ0) is 10.7. The van der Waals surface area contributed by atoms with E-state index in [2.05, 4.69) is 5.92 Å². The van der Waals surface area contributed by atoms with Crippen molar-refractivity contribution in [3.05, 3.63) is 23.5 Å². The van der Waals surface area contributed by atoms with Crippen molar-refractivity contribution in [2.75, 3.05) is 0 Å². The lowest BCUT2D eigenvalue weighted by molar-refractivity contribution is -0.117. The van der Waals surface area contributed by atoms with Crippen LogP contribution in [0.1, 0.15) is 13.3 Å². The molecule has 0 saturated carbocycles. The quantitative estimate of drug-likeness (QED) is 0.525. The van der Waals surface area contributed by atoms with E-state index in [1.807, 2.05) is 0 Å². The summed E-state index contributed by atoms with van der Waals surface area (Å²) in [4.78, 5) is 22.4. The van der Waals surface area contributed by atoms with Crippen molar-refractivity contribution < 1.29 is 14.7 Å². The summed E-state index contributed by atoms with van der Waals surface area (Å²) in [6.07, 6.45) is 7.61. The van der Waals surface area contributed by atoms with Crippen molar-refractivity contribution in [3.8, 4) is 12.3 Å². The molecule has 0 aromatic heterocycles. The maximum absolute atomic E-state index is 11.4. The second-order valence-electron chi connectivity index (χ2n) is 3.17. The number of allylic oxidation sites excluding steroid dienone is 3. The Balaban J connectivity index is 2.95. The van der Waals surface area contributed by atoms with Gasteiger partial charge >= 0.3 is 0 Å². The van der Waals surface area contributed by atoms with Crippen molar-refractivity contribution in [1.82, 2.24) is 0 Å². The zero-order valence-corrected chi connectivity index (χ0v) is 7.78. The van der Waals surface area contributed by atoms with Gasteiger partial charge in [0.2, 0.25) is 5.78 Å². The minimum Gasteiger partial charge on any atom is -0.504 e. The topological polar surface area (TPSA) is 54.4 Å². The van der Waals surface area contributed by atoms with Crippen LogP contribution in [0.25, 0.3) is 0 Å². The minimum atomic E-state index is -0.507. The van der Waals surface area contributed by atoms with Gasteiger partial charge in [0, 0.05) is 18.1 Å². The first-order chi connectivity index (χ1) is 6.56. The van der Waals surface area contributed by atoms with Crippen LogP contribution in [0.3, 0.4) is 0 Å². The van der Waals surface area contributed by atoms with Crippen molar-refractivity contribution in [2.24, 2.45) is 5.92 Å². The van der Waals surface area contributed by atoms with E-state index in [1.165, 1.54) is 6.08 Å². The summed E-state index contributed by atoms with van der Waals surface area (Å²) in [5, 5.41) is 9.13. The van der Waals surface area contributed by atoms with E-state index in [1.54, 1.807) is 6.92 Å². The van der Waals surface area contributed by atoms with Gasteiger partial charge in [-0.1, -0.05) is 6.92 Å². The second-order valence-corrected chi connectivity index (χ2v) is 3.17. The summed E-state index contributed by atoms with van der Waals surface area (Å²) in [5.41, 5.74) is 0.285. The van der Waals surface area contributed by atoms with Gasteiger partial charge < -0.3 is 5.11 Å². The lowest BCUT2D eigenvalue weighted by Crippen LogP contribution is -2.18. The zero-order valence-electron chi connectivity index (χ0n) is 7.78. The molecule has 1 aliphatic carbocycles. The number of Topliss-reactive ketones (excluding diaryl/α,β-unsaturated/α-hetero) is 1. The highest BCUT2D eigenvalue weighted by Gasteiger charge is 2.24. The number of hydrogen-bond acceptors (Lipinski definition) is 3. The number of terminal acetylenes is 1. The fraction of sp³-hybridized carbons (Fsp3) is 0.273. The molecule has 0 aliphatic heterocycles. The average molecular weight is 190 g/mol. The first kappa shape index (κ1) is 10.3. The Labute approximate surface area is 82.1 Å². The number of ketones is 2. The number of carbonyl (C=O) groups is 2. The van der Waals surface area contributed by atoms with Crippen LogP contribution in [0, 0.1) is 18.3 Å².